The van der Waals surface area contributed by atoms with Crippen LogP contribution in [0.5, 0.6) is 5.75 Å². The van der Waals surface area contributed by atoms with Gasteiger partial charge < -0.3 is 13.9 Å². The van der Waals surface area contributed by atoms with E-state index in [1.54, 1.807) is 12.1 Å². The maximum absolute atomic E-state index is 12.3. The third-order valence-corrected chi connectivity index (χ3v) is 3.71. The third kappa shape index (κ3) is 1.92. The van der Waals surface area contributed by atoms with Gasteiger partial charge in [0.1, 0.15) is 29.8 Å². The number of benzene rings is 1. The summed E-state index contributed by atoms with van der Waals surface area (Å²) in [5.41, 5.74) is 1.60. The van der Waals surface area contributed by atoms with Crippen LogP contribution in [0.2, 0.25) is 0 Å². The van der Waals surface area contributed by atoms with Gasteiger partial charge in [0.2, 0.25) is 0 Å². The minimum Gasteiger partial charge on any atom is -0.491 e. The summed E-state index contributed by atoms with van der Waals surface area (Å²) in [6.07, 6.45) is 2.93. The van der Waals surface area contributed by atoms with Crippen LogP contribution in [-0.4, -0.2) is 19.3 Å². The van der Waals surface area contributed by atoms with Crippen LogP contribution < -0.4 is 10.2 Å². The molecule has 98 valence electrons. The first kappa shape index (κ1) is 11.1. The third-order valence-electron chi connectivity index (χ3n) is 3.71. The zero-order valence-corrected chi connectivity index (χ0v) is 10.5. The van der Waals surface area contributed by atoms with Crippen LogP contribution in [0.4, 0.5) is 0 Å². The molecule has 2 heterocycles. The SMILES string of the molecule is O=c1c2c(oc3cc(OCC4CO4)ccc13)CCC2. The largest absolute Gasteiger partial charge is 0.491 e. The first-order chi connectivity index (χ1) is 9.31. The van der Waals surface area contributed by atoms with Crippen molar-refractivity contribution in [2.24, 2.45) is 0 Å². The number of hydrogen-bond acceptors (Lipinski definition) is 4. The number of ether oxygens (including phenoxy) is 2. The maximum atomic E-state index is 12.3. The van der Waals surface area contributed by atoms with Gasteiger partial charge in [0.15, 0.2) is 5.43 Å². The molecule has 0 bridgehead atoms. The fourth-order valence-corrected chi connectivity index (χ4v) is 2.58. The standard InChI is InChI=1S/C15H14O4/c16-15-11-2-1-3-13(11)19-14-6-9(4-5-12(14)15)17-7-10-8-18-10/h4-6,10H,1-3,7-8H2. The second kappa shape index (κ2) is 4.10. The van der Waals surface area contributed by atoms with Crippen LogP contribution in [0.15, 0.2) is 27.4 Å². The van der Waals surface area contributed by atoms with E-state index in [2.05, 4.69) is 0 Å². The highest BCUT2D eigenvalue weighted by atomic mass is 16.6. The summed E-state index contributed by atoms with van der Waals surface area (Å²) < 4.78 is 16.5. The lowest BCUT2D eigenvalue weighted by molar-refractivity contribution is 0.263. The maximum Gasteiger partial charge on any atom is 0.196 e. The van der Waals surface area contributed by atoms with Crippen LogP contribution in [0.25, 0.3) is 11.0 Å². The van der Waals surface area contributed by atoms with Crippen molar-refractivity contribution in [2.75, 3.05) is 13.2 Å². The molecule has 0 spiro atoms. The van der Waals surface area contributed by atoms with Gasteiger partial charge in [-0.05, 0) is 25.0 Å². The van der Waals surface area contributed by atoms with Gasteiger partial charge in [-0.15, -0.1) is 0 Å². The van der Waals surface area contributed by atoms with E-state index >= 15 is 0 Å². The molecule has 1 fully saturated rings. The molecule has 1 saturated heterocycles. The number of aryl methyl sites for hydroxylation is 1. The molecule has 1 atom stereocenters. The van der Waals surface area contributed by atoms with Crippen molar-refractivity contribution in [2.45, 2.75) is 25.4 Å². The minimum absolute atomic E-state index is 0.117. The lowest BCUT2D eigenvalue weighted by Crippen LogP contribution is -2.09. The Morgan fingerprint density at radius 3 is 3.05 bits per heavy atom. The van der Waals surface area contributed by atoms with Gasteiger partial charge in [0, 0.05) is 18.1 Å². The molecule has 4 rings (SSSR count). The second-order valence-corrected chi connectivity index (χ2v) is 5.11. The molecule has 1 unspecified atom stereocenters. The van der Waals surface area contributed by atoms with Crippen molar-refractivity contribution in [3.8, 4) is 5.75 Å². The van der Waals surface area contributed by atoms with Gasteiger partial charge in [-0.25, -0.2) is 0 Å². The van der Waals surface area contributed by atoms with Gasteiger partial charge in [-0.3, -0.25) is 4.79 Å². The molecule has 19 heavy (non-hydrogen) atoms. The summed E-state index contributed by atoms with van der Waals surface area (Å²) in [7, 11) is 0. The Hall–Kier alpha value is -1.81. The number of rotatable bonds is 3. The van der Waals surface area contributed by atoms with E-state index in [1.165, 1.54) is 0 Å². The number of epoxide rings is 1. The zero-order chi connectivity index (χ0) is 12.8. The van der Waals surface area contributed by atoms with Crippen LogP contribution in [0.1, 0.15) is 17.7 Å². The van der Waals surface area contributed by atoms with Gasteiger partial charge >= 0.3 is 0 Å². The van der Waals surface area contributed by atoms with Crippen molar-refractivity contribution < 1.29 is 13.9 Å². The molecule has 1 aliphatic carbocycles. The van der Waals surface area contributed by atoms with Crippen molar-refractivity contribution in [3.05, 3.63) is 39.7 Å². The molecule has 0 saturated carbocycles. The summed E-state index contributed by atoms with van der Waals surface area (Å²) in [6.45, 7) is 1.33. The van der Waals surface area contributed by atoms with E-state index in [9.17, 15) is 4.79 Å². The van der Waals surface area contributed by atoms with Crippen molar-refractivity contribution in [3.63, 3.8) is 0 Å². The van der Waals surface area contributed by atoms with Crippen LogP contribution in [0.3, 0.4) is 0 Å². The quantitative estimate of drug-likeness (QED) is 0.791. The van der Waals surface area contributed by atoms with Crippen molar-refractivity contribution in [1.29, 1.82) is 0 Å². The van der Waals surface area contributed by atoms with E-state index in [1.807, 2.05) is 6.07 Å². The normalized spacial score (nSPS) is 20.5. The van der Waals surface area contributed by atoms with Gasteiger partial charge in [-0.2, -0.15) is 0 Å². The topological polar surface area (TPSA) is 52.0 Å². The Balaban J connectivity index is 1.76. The summed E-state index contributed by atoms with van der Waals surface area (Å²) >= 11 is 0. The molecule has 0 amide bonds. The minimum atomic E-state index is 0.117. The lowest BCUT2D eigenvalue weighted by atomic mass is 10.1. The molecule has 1 aliphatic heterocycles. The molecular weight excluding hydrogens is 244 g/mol. The Bertz CT molecular complexity index is 697. The fourth-order valence-electron chi connectivity index (χ4n) is 2.58. The van der Waals surface area contributed by atoms with E-state index in [4.69, 9.17) is 13.9 Å². The number of fused-ring (bicyclic) bond motifs is 2. The molecular formula is C15H14O4. The molecule has 1 aromatic heterocycles. The van der Waals surface area contributed by atoms with Gasteiger partial charge in [0.25, 0.3) is 0 Å². The van der Waals surface area contributed by atoms with Gasteiger partial charge in [-0.1, -0.05) is 0 Å². The molecule has 0 radical (unpaired) electrons. The van der Waals surface area contributed by atoms with Gasteiger partial charge in [0.05, 0.1) is 12.0 Å². The monoisotopic (exact) mass is 258 g/mol. The summed E-state index contributed by atoms with van der Waals surface area (Å²) in [4.78, 5) is 12.3. The number of hydrogen-bond donors (Lipinski definition) is 0. The fraction of sp³-hybridized carbons (Fsp3) is 0.400. The summed E-state index contributed by atoms with van der Waals surface area (Å²) in [6, 6.07) is 5.42. The van der Waals surface area contributed by atoms with Crippen LogP contribution >= 0.6 is 0 Å². The van der Waals surface area contributed by atoms with Crippen molar-refractivity contribution in [1.82, 2.24) is 0 Å². The molecule has 2 aromatic rings. The highest BCUT2D eigenvalue weighted by Crippen LogP contribution is 2.26. The van der Waals surface area contributed by atoms with E-state index in [0.717, 1.165) is 42.9 Å². The van der Waals surface area contributed by atoms with E-state index < -0.39 is 0 Å². The molecule has 1 aromatic carbocycles. The first-order valence-electron chi connectivity index (χ1n) is 6.64. The Morgan fingerprint density at radius 1 is 1.32 bits per heavy atom. The zero-order valence-electron chi connectivity index (χ0n) is 10.5. The molecule has 0 N–H and O–H groups in total. The average molecular weight is 258 g/mol. The highest BCUT2D eigenvalue weighted by Gasteiger charge is 2.23. The highest BCUT2D eigenvalue weighted by molar-refractivity contribution is 5.79. The van der Waals surface area contributed by atoms with E-state index in [0.29, 0.717) is 17.6 Å². The molecule has 4 nitrogen and oxygen atoms in total. The predicted molar refractivity (Wildman–Crippen MR) is 69.7 cm³/mol. The smallest absolute Gasteiger partial charge is 0.196 e. The van der Waals surface area contributed by atoms with Crippen LogP contribution in [0, 0.1) is 0 Å². The van der Waals surface area contributed by atoms with Crippen LogP contribution in [-0.2, 0) is 17.6 Å². The lowest BCUT2D eigenvalue weighted by Gasteiger charge is -2.06. The average Bonchev–Trinajstić information content (AvgIpc) is 3.13. The van der Waals surface area contributed by atoms with E-state index in [-0.39, 0.29) is 11.5 Å². The first-order valence-corrected chi connectivity index (χ1v) is 6.64. The predicted octanol–water partition coefficient (Wildman–Crippen LogP) is 2.06. The summed E-state index contributed by atoms with van der Waals surface area (Å²) in [5, 5.41) is 0.649. The Labute approximate surface area is 109 Å². The summed E-state index contributed by atoms with van der Waals surface area (Å²) in [5.74, 6) is 1.57. The Kier molecular flexibility index (Phi) is 2.38. The molecule has 4 heteroatoms. The second-order valence-electron chi connectivity index (χ2n) is 5.11. The molecule has 2 aliphatic rings. The van der Waals surface area contributed by atoms with Crippen molar-refractivity contribution >= 4 is 11.0 Å². The Morgan fingerprint density at radius 2 is 2.21 bits per heavy atom.